The third-order valence-electron chi connectivity index (χ3n) is 3.54. The molecule has 18 heavy (non-hydrogen) atoms. The molecular weight excluding hydrogens is 226 g/mol. The SMILES string of the molecule is CCc1nc(N)c(C)c(N2CCCN(C)CC2)n1. The van der Waals surface area contributed by atoms with E-state index < -0.39 is 0 Å². The summed E-state index contributed by atoms with van der Waals surface area (Å²) in [5, 5.41) is 0. The molecule has 2 N–H and O–H groups in total. The van der Waals surface area contributed by atoms with Gasteiger partial charge in [0.15, 0.2) is 0 Å². The van der Waals surface area contributed by atoms with Gasteiger partial charge in [-0.1, -0.05) is 6.92 Å². The van der Waals surface area contributed by atoms with Crippen molar-refractivity contribution in [1.82, 2.24) is 14.9 Å². The molecule has 2 heterocycles. The van der Waals surface area contributed by atoms with Crippen LogP contribution in [0.5, 0.6) is 0 Å². The van der Waals surface area contributed by atoms with E-state index in [4.69, 9.17) is 5.73 Å². The summed E-state index contributed by atoms with van der Waals surface area (Å²) in [5.74, 6) is 2.48. The van der Waals surface area contributed by atoms with E-state index in [0.29, 0.717) is 5.82 Å². The normalized spacial score (nSPS) is 17.8. The third kappa shape index (κ3) is 2.72. The number of anilines is 2. The maximum atomic E-state index is 5.98. The zero-order valence-electron chi connectivity index (χ0n) is 11.6. The van der Waals surface area contributed by atoms with Gasteiger partial charge in [0.2, 0.25) is 0 Å². The van der Waals surface area contributed by atoms with E-state index in [-0.39, 0.29) is 0 Å². The summed E-state index contributed by atoms with van der Waals surface area (Å²) in [6, 6.07) is 0. The van der Waals surface area contributed by atoms with Gasteiger partial charge < -0.3 is 15.5 Å². The van der Waals surface area contributed by atoms with Gasteiger partial charge in [-0.15, -0.1) is 0 Å². The number of aryl methyl sites for hydroxylation is 1. The quantitative estimate of drug-likeness (QED) is 0.849. The smallest absolute Gasteiger partial charge is 0.137 e. The lowest BCUT2D eigenvalue weighted by Crippen LogP contribution is -2.30. The lowest BCUT2D eigenvalue weighted by molar-refractivity contribution is 0.360. The molecular formula is C13H23N5. The highest BCUT2D eigenvalue weighted by Crippen LogP contribution is 2.22. The van der Waals surface area contributed by atoms with E-state index in [1.165, 1.54) is 6.42 Å². The topological polar surface area (TPSA) is 58.3 Å². The first-order valence-electron chi connectivity index (χ1n) is 6.68. The highest BCUT2D eigenvalue weighted by atomic mass is 15.2. The van der Waals surface area contributed by atoms with Crippen LogP contribution in [0.4, 0.5) is 11.6 Å². The molecule has 0 atom stereocenters. The van der Waals surface area contributed by atoms with Crippen molar-refractivity contribution >= 4 is 11.6 Å². The minimum atomic E-state index is 0.620. The number of likely N-dealkylation sites (N-methyl/N-ethyl adjacent to an activating group) is 1. The largest absolute Gasteiger partial charge is 0.383 e. The highest BCUT2D eigenvalue weighted by molar-refractivity contribution is 5.56. The molecule has 0 aliphatic carbocycles. The predicted molar refractivity (Wildman–Crippen MR) is 74.9 cm³/mol. The zero-order chi connectivity index (χ0) is 13.1. The van der Waals surface area contributed by atoms with Gasteiger partial charge >= 0.3 is 0 Å². The molecule has 5 heteroatoms. The van der Waals surface area contributed by atoms with Crippen LogP contribution in [0, 0.1) is 6.92 Å². The van der Waals surface area contributed by atoms with Gasteiger partial charge in [-0.05, 0) is 26.9 Å². The van der Waals surface area contributed by atoms with Crippen molar-refractivity contribution in [3.05, 3.63) is 11.4 Å². The molecule has 1 aliphatic rings. The van der Waals surface area contributed by atoms with Gasteiger partial charge in [0.25, 0.3) is 0 Å². The Balaban J connectivity index is 2.28. The van der Waals surface area contributed by atoms with Crippen LogP contribution in [0.15, 0.2) is 0 Å². The van der Waals surface area contributed by atoms with Gasteiger partial charge in [0.05, 0.1) is 0 Å². The summed E-state index contributed by atoms with van der Waals surface area (Å²) < 4.78 is 0. The Morgan fingerprint density at radius 3 is 2.67 bits per heavy atom. The molecule has 0 bridgehead atoms. The molecule has 0 spiro atoms. The second-order valence-electron chi connectivity index (χ2n) is 4.97. The standard InChI is InChI=1S/C13H23N5/c1-4-11-15-12(14)10(2)13(16-11)18-7-5-6-17(3)8-9-18/h4-9H2,1-3H3,(H2,14,15,16). The van der Waals surface area contributed by atoms with Gasteiger partial charge in [0.1, 0.15) is 17.5 Å². The number of nitrogen functional groups attached to an aromatic ring is 1. The van der Waals surface area contributed by atoms with Crippen LogP contribution < -0.4 is 10.6 Å². The van der Waals surface area contributed by atoms with Crippen LogP contribution in [0.3, 0.4) is 0 Å². The van der Waals surface area contributed by atoms with Crippen LogP contribution in [0.1, 0.15) is 24.7 Å². The molecule has 1 aromatic heterocycles. The maximum absolute atomic E-state index is 5.98. The highest BCUT2D eigenvalue weighted by Gasteiger charge is 2.17. The average Bonchev–Trinajstić information content (AvgIpc) is 2.57. The van der Waals surface area contributed by atoms with Crippen molar-refractivity contribution in [2.24, 2.45) is 0 Å². The van der Waals surface area contributed by atoms with E-state index >= 15 is 0 Å². The number of hydrogen-bond acceptors (Lipinski definition) is 5. The molecule has 0 radical (unpaired) electrons. The second-order valence-corrected chi connectivity index (χ2v) is 4.97. The van der Waals surface area contributed by atoms with Gasteiger partial charge in [-0.3, -0.25) is 0 Å². The Morgan fingerprint density at radius 1 is 1.17 bits per heavy atom. The summed E-state index contributed by atoms with van der Waals surface area (Å²) >= 11 is 0. The van der Waals surface area contributed by atoms with E-state index in [1.807, 2.05) is 6.92 Å². The molecule has 5 nitrogen and oxygen atoms in total. The first kappa shape index (κ1) is 13.1. The van der Waals surface area contributed by atoms with E-state index in [2.05, 4.69) is 33.7 Å². The number of hydrogen-bond donors (Lipinski definition) is 1. The fourth-order valence-electron chi connectivity index (χ4n) is 2.29. The summed E-state index contributed by atoms with van der Waals surface area (Å²) in [6.45, 7) is 8.35. The Labute approximate surface area is 109 Å². The lowest BCUT2D eigenvalue weighted by atomic mass is 10.2. The van der Waals surface area contributed by atoms with E-state index in [9.17, 15) is 0 Å². The lowest BCUT2D eigenvalue weighted by Gasteiger charge is -2.24. The number of nitrogens with two attached hydrogens (primary N) is 1. The molecule has 0 aromatic carbocycles. The summed E-state index contributed by atoms with van der Waals surface area (Å²) in [7, 11) is 2.17. The molecule has 1 aromatic rings. The predicted octanol–water partition coefficient (Wildman–Crippen LogP) is 1.07. The van der Waals surface area contributed by atoms with Crippen molar-refractivity contribution in [1.29, 1.82) is 0 Å². The van der Waals surface area contributed by atoms with E-state index in [0.717, 1.165) is 49.8 Å². The van der Waals surface area contributed by atoms with Crippen molar-refractivity contribution in [2.45, 2.75) is 26.7 Å². The Bertz CT molecular complexity index is 418. The molecule has 0 amide bonds. The van der Waals surface area contributed by atoms with Crippen LogP contribution >= 0.6 is 0 Å². The zero-order valence-corrected chi connectivity index (χ0v) is 11.6. The second kappa shape index (κ2) is 5.52. The number of aromatic nitrogens is 2. The fourth-order valence-corrected chi connectivity index (χ4v) is 2.29. The monoisotopic (exact) mass is 249 g/mol. The molecule has 0 saturated carbocycles. The molecule has 100 valence electrons. The van der Waals surface area contributed by atoms with Gasteiger partial charge in [-0.2, -0.15) is 0 Å². The van der Waals surface area contributed by atoms with Crippen LogP contribution in [-0.2, 0) is 6.42 Å². The molecule has 0 unspecified atom stereocenters. The first-order chi connectivity index (χ1) is 8.61. The van der Waals surface area contributed by atoms with Crippen LogP contribution in [-0.4, -0.2) is 48.1 Å². The van der Waals surface area contributed by atoms with Gasteiger partial charge in [0, 0.05) is 31.6 Å². The summed E-state index contributed by atoms with van der Waals surface area (Å²) in [5.41, 5.74) is 6.99. The molecule has 1 aliphatic heterocycles. The fraction of sp³-hybridized carbons (Fsp3) is 0.692. The summed E-state index contributed by atoms with van der Waals surface area (Å²) in [6.07, 6.45) is 1.99. The minimum absolute atomic E-state index is 0.620. The Morgan fingerprint density at radius 2 is 1.94 bits per heavy atom. The maximum Gasteiger partial charge on any atom is 0.137 e. The average molecular weight is 249 g/mol. The molecule has 1 saturated heterocycles. The van der Waals surface area contributed by atoms with Crippen LogP contribution in [0.25, 0.3) is 0 Å². The third-order valence-corrected chi connectivity index (χ3v) is 3.54. The van der Waals surface area contributed by atoms with Crippen molar-refractivity contribution < 1.29 is 0 Å². The first-order valence-corrected chi connectivity index (χ1v) is 6.68. The minimum Gasteiger partial charge on any atom is -0.383 e. The Hall–Kier alpha value is -1.36. The number of nitrogens with zero attached hydrogens (tertiary/aromatic N) is 4. The van der Waals surface area contributed by atoms with Crippen LogP contribution in [0.2, 0.25) is 0 Å². The van der Waals surface area contributed by atoms with Crippen molar-refractivity contribution in [3.63, 3.8) is 0 Å². The van der Waals surface area contributed by atoms with Crippen molar-refractivity contribution in [3.8, 4) is 0 Å². The van der Waals surface area contributed by atoms with E-state index in [1.54, 1.807) is 0 Å². The molecule has 2 rings (SSSR count). The Kier molecular flexibility index (Phi) is 4.01. The van der Waals surface area contributed by atoms with Crippen molar-refractivity contribution in [2.75, 3.05) is 43.9 Å². The van der Waals surface area contributed by atoms with Gasteiger partial charge in [-0.25, -0.2) is 9.97 Å². The molecule has 1 fully saturated rings. The number of rotatable bonds is 2. The summed E-state index contributed by atoms with van der Waals surface area (Å²) in [4.78, 5) is 13.7.